The molecule has 2 N–H and O–H groups in total. The summed E-state index contributed by atoms with van der Waals surface area (Å²) < 4.78 is 0. The number of hydrogen-bond donors (Lipinski definition) is 2. The van der Waals surface area contributed by atoms with E-state index >= 15 is 0 Å². The van der Waals surface area contributed by atoms with Gasteiger partial charge in [0.2, 0.25) is 0 Å². The number of benzene rings is 1. The van der Waals surface area contributed by atoms with Gasteiger partial charge in [0.25, 0.3) is 0 Å². The van der Waals surface area contributed by atoms with Gasteiger partial charge in [-0.2, -0.15) is 0 Å². The Morgan fingerprint density at radius 3 is 2.94 bits per heavy atom. The van der Waals surface area contributed by atoms with Crippen molar-refractivity contribution in [1.29, 1.82) is 0 Å². The molecule has 3 heteroatoms. The van der Waals surface area contributed by atoms with Gasteiger partial charge in [-0.05, 0) is 37.5 Å². The number of carbonyl (C=O) groups is 1. The zero-order valence-electron chi connectivity index (χ0n) is 9.44. The van der Waals surface area contributed by atoms with E-state index in [9.17, 15) is 4.79 Å². The fraction of sp³-hybridized carbons (Fsp3) is 0.462. The first-order chi connectivity index (χ1) is 7.66. The van der Waals surface area contributed by atoms with E-state index in [0.717, 1.165) is 12.0 Å². The van der Waals surface area contributed by atoms with Crippen LogP contribution in [-0.2, 0) is 0 Å². The first-order valence-corrected chi connectivity index (χ1v) is 5.76. The minimum atomic E-state index is -0.856. The third-order valence-corrected chi connectivity index (χ3v) is 3.15. The second kappa shape index (κ2) is 4.66. The predicted molar refractivity (Wildman–Crippen MR) is 62.6 cm³/mol. The largest absolute Gasteiger partial charge is 0.478 e. The van der Waals surface area contributed by atoms with Crippen LogP contribution in [0, 0.1) is 0 Å². The van der Waals surface area contributed by atoms with Crippen molar-refractivity contribution in [3.63, 3.8) is 0 Å². The van der Waals surface area contributed by atoms with Gasteiger partial charge in [-0.15, -0.1) is 0 Å². The molecule has 0 amide bonds. The van der Waals surface area contributed by atoms with Crippen molar-refractivity contribution in [2.24, 2.45) is 0 Å². The van der Waals surface area contributed by atoms with Crippen LogP contribution in [0.2, 0.25) is 0 Å². The van der Waals surface area contributed by atoms with Gasteiger partial charge in [-0.25, -0.2) is 4.79 Å². The molecule has 1 aliphatic heterocycles. The Kier molecular flexibility index (Phi) is 3.25. The minimum Gasteiger partial charge on any atom is -0.478 e. The molecule has 0 spiro atoms. The van der Waals surface area contributed by atoms with Crippen LogP contribution in [0.4, 0.5) is 0 Å². The molecule has 0 bridgehead atoms. The van der Waals surface area contributed by atoms with Crippen LogP contribution in [0.5, 0.6) is 0 Å². The molecule has 2 atom stereocenters. The van der Waals surface area contributed by atoms with Crippen LogP contribution in [0.15, 0.2) is 24.3 Å². The van der Waals surface area contributed by atoms with E-state index in [1.807, 2.05) is 12.1 Å². The lowest BCUT2D eigenvalue weighted by Crippen LogP contribution is -2.34. The monoisotopic (exact) mass is 219 g/mol. The average Bonchev–Trinajstić information content (AvgIpc) is 2.29. The topological polar surface area (TPSA) is 49.3 Å². The Labute approximate surface area is 95.5 Å². The van der Waals surface area contributed by atoms with Crippen molar-refractivity contribution >= 4 is 5.97 Å². The van der Waals surface area contributed by atoms with Gasteiger partial charge in [-0.3, -0.25) is 0 Å². The fourth-order valence-corrected chi connectivity index (χ4v) is 2.29. The number of rotatable bonds is 2. The standard InChI is InChI=1S/C13H17NO2/c1-9-4-2-7-12(14-9)10-5-3-6-11(8-10)13(15)16/h3,5-6,8-9,12,14H,2,4,7H2,1H3,(H,15,16). The van der Waals surface area contributed by atoms with Crippen molar-refractivity contribution in [3.05, 3.63) is 35.4 Å². The maximum Gasteiger partial charge on any atom is 0.335 e. The van der Waals surface area contributed by atoms with E-state index < -0.39 is 5.97 Å². The molecule has 1 heterocycles. The molecule has 1 fully saturated rings. The summed E-state index contributed by atoms with van der Waals surface area (Å²) in [6, 6.07) is 8.06. The molecule has 3 nitrogen and oxygen atoms in total. The second-order valence-electron chi connectivity index (χ2n) is 4.48. The minimum absolute atomic E-state index is 0.308. The van der Waals surface area contributed by atoms with Crippen molar-refractivity contribution in [1.82, 2.24) is 5.32 Å². The number of nitrogens with one attached hydrogen (secondary N) is 1. The van der Waals surface area contributed by atoms with Gasteiger partial charge in [0.15, 0.2) is 0 Å². The molecular formula is C13H17NO2. The molecule has 0 saturated carbocycles. The summed E-state index contributed by atoms with van der Waals surface area (Å²) in [6.07, 6.45) is 3.50. The van der Waals surface area contributed by atoms with Crippen LogP contribution in [0.1, 0.15) is 48.1 Å². The summed E-state index contributed by atoms with van der Waals surface area (Å²) in [5, 5.41) is 12.4. The lowest BCUT2D eigenvalue weighted by molar-refractivity contribution is 0.0696. The van der Waals surface area contributed by atoms with Crippen LogP contribution >= 0.6 is 0 Å². The predicted octanol–water partition coefficient (Wildman–Crippen LogP) is 2.59. The molecule has 0 aromatic heterocycles. The maximum atomic E-state index is 10.9. The Morgan fingerprint density at radius 1 is 1.44 bits per heavy atom. The highest BCUT2D eigenvalue weighted by Crippen LogP contribution is 2.25. The van der Waals surface area contributed by atoms with Crippen LogP contribution in [0.3, 0.4) is 0 Å². The van der Waals surface area contributed by atoms with Gasteiger partial charge >= 0.3 is 5.97 Å². The number of hydrogen-bond acceptors (Lipinski definition) is 2. The highest BCUT2D eigenvalue weighted by Gasteiger charge is 2.19. The van der Waals surface area contributed by atoms with Gasteiger partial charge in [0.05, 0.1) is 5.56 Å². The third kappa shape index (κ3) is 2.42. The first-order valence-electron chi connectivity index (χ1n) is 5.76. The summed E-state index contributed by atoms with van der Waals surface area (Å²) in [6.45, 7) is 2.17. The highest BCUT2D eigenvalue weighted by atomic mass is 16.4. The Balaban J connectivity index is 2.19. The second-order valence-corrected chi connectivity index (χ2v) is 4.48. The van der Waals surface area contributed by atoms with Crippen molar-refractivity contribution in [2.75, 3.05) is 0 Å². The molecule has 1 aromatic rings. The zero-order valence-corrected chi connectivity index (χ0v) is 9.44. The van der Waals surface area contributed by atoms with Crippen LogP contribution in [0.25, 0.3) is 0 Å². The lowest BCUT2D eigenvalue weighted by atomic mass is 9.93. The highest BCUT2D eigenvalue weighted by molar-refractivity contribution is 5.87. The van der Waals surface area contributed by atoms with E-state index in [-0.39, 0.29) is 0 Å². The number of aromatic carboxylic acids is 1. The Bertz CT molecular complexity index is 389. The van der Waals surface area contributed by atoms with Crippen LogP contribution in [-0.4, -0.2) is 17.1 Å². The summed E-state index contributed by atoms with van der Waals surface area (Å²) in [7, 11) is 0. The molecule has 1 aromatic carbocycles. The van der Waals surface area contributed by atoms with Crippen molar-refractivity contribution in [3.8, 4) is 0 Å². The van der Waals surface area contributed by atoms with Crippen molar-refractivity contribution < 1.29 is 9.90 Å². The number of carboxylic acid groups (broad SMARTS) is 1. The zero-order chi connectivity index (χ0) is 11.5. The van der Waals surface area contributed by atoms with E-state index in [0.29, 0.717) is 17.6 Å². The molecule has 0 radical (unpaired) electrons. The van der Waals surface area contributed by atoms with E-state index in [4.69, 9.17) is 5.11 Å². The smallest absolute Gasteiger partial charge is 0.335 e. The van der Waals surface area contributed by atoms with Gasteiger partial charge < -0.3 is 10.4 Å². The Hall–Kier alpha value is -1.35. The molecule has 1 saturated heterocycles. The first kappa shape index (κ1) is 11.1. The number of carboxylic acids is 1. The van der Waals surface area contributed by atoms with Crippen LogP contribution < -0.4 is 5.32 Å². The van der Waals surface area contributed by atoms with Crippen molar-refractivity contribution in [2.45, 2.75) is 38.3 Å². The normalized spacial score (nSPS) is 25.3. The molecule has 16 heavy (non-hydrogen) atoms. The van der Waals surface area contributed by atoms with Gasteiger partial charge in [-0.1, -0.05) is 18.6 Å². The summed E-state index contributed by atoms with van der Waals surface area (Å²) in [5.74, 6) is -0.856. The SMILES string of the molecule is CC1CCCC(c2cccc(C(=O)O)c2)N1. The molecule has 2 unspecified atom stereocenters. The van der Waals surface area contributed by atoms with E-state index in [1.165, 1.54) is 12.8 Å². The Morgan fingerprint density at radius 2 is 2.25 bits per heavy atom. The summed E-state index contributed by atoms with van der Waals surface area (Å²) >= 11 is 0. The molecular weight excluding hydrogens is 202 g/mol. The summed E-state index contributed by atoms with van der Waals surface area (Å²) in [4.78, 5) is 10.9. The molecule has 86 valence electrons. The maximum absolute atomic E-state index is 10.9. The quantitative estimate of drug-likeness (QED) is 0.803. The van der Waals surface area contributed by atoms with Gasteiger partial charge in [0, 0.05) is 12.1 Å². The number of piperidine rings is 1. The fourth-order valence-electron chi connectivity index (χ4n) is 2.29. The molecule has 1 aliphatic rings. The average molecular weight is 219 g/mol. The molecule has 2 rings (SSSR count). The van der Waals surface area contributed by atoms with E-state index in [1.54, 1.807) is 12.1 Å². The third-order valence-electron chi connectivity index (χ3n) is 3.15. The lowest BCUT2D eigenvalue weighted by Gasteiger charge is -2.29. The van der Waals surface area contributed by atoms with Gasteiger partial charge in [0.1, 0.15) is 0 Å². The molecule has 0 aliphatic carbocycles. The summed E-state index contributed by atoms with van der Waals surface area (Å²) in [5.41, 5.74) is 1.46. The van der Waals surface area contributed by atoms with E-state index in [2.05, 4.69) is 12.2 Å².